The van der Waals surface area contributed by atoms with Crippen LogP contribution < -0.4 is 0 Å². The molecule has 1 fully saturated rings. The van der Waals surface area contributed by atoms with Gasteiger partial charge in [0, 0.05) is 18.2 Å². The molecular formula is C12H15FN2O2. The van der Waals surface area contributed by atoms with E-state index in [4.69, 9.17) is 0 Å². The van der Waals surface area contributed by atoms with E-state index in [2.05, 4.69) is 4.90 Å². The van der Waals surface area contributed by atoms with Gasteiger partial charge in [-0.15, -0.1) is 0 Å². The van der Waals surface area contributed by atoms with Crippen molar-refractivity contribution in [3.63, 3.8) is 0 Å². The highest BCUT2D eigenvalue weighted by Crippen LogP contribution is 2.22. The lowest BCUT2D eigenvalue weighted by Gasteiger charge is -2.26. The fourth-order valence-corrected chi connectivity index (χ4v) is 2.19. The van der Waals surface area contributed by atoms with Crippen molar-refractivity contribution in [3.05, 3.63) is 39.7 Å². The highest BCUT2D eigenvalue weighted by atomic mass is 19.1. The monoisotopic (exact) mass is 238 g/mol. The van der Waals surface area contributed by atoms with Gasteiger partial charge in [-0.25, -0.2) is 0 Å². The molecule has 0 aromatic heterocycles. The van der Waals surface area contributed by atoms with Crippen LogP contribution in [0, 0.1) is 15.9 Å². The predicted molar refractivity (Wildman–Crippen MR) is 62.2 cm³/mol. The summed E-state index contributed by atoms with van der Waals surface area (Å²) in [6.07, 6.45) is 3.46. The van der Waals surface area contributed by atoms with Gasteiger partial charge >= 0.3 is 5.69 Å². The predicted octanol–water partition coefficient (Wildman–Crippen LogP) is 2.72. The largest absolute Gasteiger partial charge is 0.305 e. The van der Waals surface area contributed by atoms with E-state index in [0.717, 1.165) is 25.9 Å². The number of nitro groups is 1. The average molecular weight is 238 g/mol. The summed E-state index contributed by atoms with van der Waals surface area (Å²) >= 11 is 0. The molecule has 0 unspecified atom stereocenters. The van der Waals surface area contributed by atoms with Crippen LogP contribution in [0.3, 0.4) is 0 Å². The quantitative estimate of drug-likeness (QED) is 0.600. The fraction of sp³-hybridized carbons (Fsp3) is 0.500. The van der Waals surface area contributed by atoms with Gasteiger partial charge in [0.2, 0.25) is 5.82 Å². The summed E-state index contributed by atoms with van der Waals surface area (Å²) < 4.78 is 13.8. The lowest BCUT2D eigenvalue weighted by atomic mass is 10.1. The number of halogens is 1. The summed E-state index contributed by atoms with van der Waals surface area (Å²) in [6, 6.07) is 4.37. The van der Waals surface area contributed by atoms with Crippen LogP contribution in [0.4, 0.5) is 10.1 Å². The molecule has 0 saturated carbocycles. The molecule has 1 aliphatic heterocycles. The minimum Gasteiger partial charge on any atom is -0.299 e. The molecule has 4 nitrogen and oxygen atoms in total. The second kappa shape index (κ2) is 5.23. The lowest BCUT2D eigenvalue weighted by Crippen LogP contribution is -2.29. The van der Waals surface area contributed by atoms with Crippen molar-refractivity contribution >= 4 is 5.69 Å². The average Bonchev–Trinajstić information content (AvgIpc) is 2.33. The number of benzene rings is 1. The van der Waals surface area contributed by atoms with Crippen molar-refractivity contribution in [1.29, 1.82) is 0 Å². The van der Waals surface area contributed by atoms with Gasteiger partial charge in [-0.3, -0.25) is 15.0 Å². The normalized spacial score (nSPS) is 17.0. The van der Waals surface area contributed by atoms with Gasteiger partial charge in [-0.05, 0) is 25.9 Å². The van der Waals surface area contributed by atoms with E-state index >= 15 is 0 Å². The molecule has 1 heterocycles. The van der Waals surface area contributed by atoms with E-state index in [1.54, 1.807) is 12.1 Å². The Morgan fingerprint density at radius 1 is 1.29 bits per heavy atom. The molecule has 17 heavy (non-hydrogen) atoms. The molecular weight excluding hydrogens is 223 g/mol. The molecule has 5 heteroatoms. The summed E-state index contributed by atoms with van der Waals surface area (Å²) in [6.45, 7) is 2.36. The number of rotatable bonds is 3. The third kappa shape index (κ3) is 2.79. The van der Waals surface area contributed by atoms with Crippen LogP contribution in [-0.4, -0.2) is 22.9 Å². The number of hydrogen-bond donors (Lipinski definition) is 0. The Morgan fingerprint density at radius 2 is 2.00 bits per heavy atom. The van der Waals surface area contributed by atoms with Crippen molar-refractivity contribution in [3.8, 4) is 0 Å². The standard InChI is InChI=1S/C12H15FN2O2/c13-12-10(5-4-6-11(12)15(16)17)9-14-7-2-1-3-8-14/h4-6H,1-3,7-9H2. The van der Waals surface area contributed by atoms with Gasteiger partial charge in [-0.2, -0.15) is 4.39 Å². The van der Waals surface area contributed by atoms with Crippen LogP contribution >= 0.6 is 0 Å². The minimum absolute atomic E-state index is 0.418. The number of hydrogen-bond acceptors (Lipinski definition) is 3. The van der Waals surface area contributed by atoms with Gasteiger partial charge in [0.1, 0.15) is 0 Å². The van der Waals surface area contributed by atoms with Crippen molar-refractivity contribution in [1.82, 2.24) is 4.90 Å². The Bertz CT molecular complexity index is 417. The van der Waals surface area contributed by atoms with E-state index < -0.39 is 16.4 Å². The Labute approximate surface area is 99.2 Å². The summed E-state index contributed by atoms with van der Waals surface area (Å²) in [7, 11) is 0. The first-order valence-electron chi connectivity index (χ1n) is 5.82. The van der Waals surface area contributed by atoms with Crippen molar-refractivity contribution < 1.29 is 9.31 Å². The molecule has 1 aromatic rings. The SMILES string of the molecule is O=[N+]([O-])c1cccc(CN2CCCCC2)c1F. The maximum atomic E-state index is 13.8. The zero-order valence-electron chi connectivity index (χ0n) is 9.56. The molecule has 0 N–H and O–H groups in total. The second-order valence-electron chi connectivity index (χ2n) is 4.34. The van der Waals surface area contributed by atoms with Gasteiger partial charge in [0.25, 0.3) is 0 Å². The second-order valence-corrected chi connectivity index (χ2v) is 4.34. The summed E-state index contributed by atoms with van der Waals surface area (Å²) in [5.74, 6) is -0.692. The van der Waals surface area contributed by atoms with Gasteiger partial charge < -0.3 is 0 Å². The molecule has 2 rings (SSSR count). The van der Waals surface area contributed by atoms with Crippen molar-refractivity contribution in [2.45, 2.75) is 25.8 Å². The third-order valence-electron chi connectivity index (χ3n) is 3.10. The van der Waals surface area contributed by atoms with E-state index in [1.165, 1.54) is 12.5 Å². The van der Waals surface area contributed by atoms with Crippen LogP contribution in [0.5, 0.6) is 0 Å². The van der Waals surface area contributed by atoms with Gasteiger partial charge in [-0.1, -0.05) is 18.6 Å². The summed E-state index contributed by atoms with van der Waals surface area (Å²) in [5, 5.41) is 10.6. The molecule has 0 amide bonds. The maximum absolute atomic E-state index is 13.8. The first-order valence-corrected chi connectivity index (χ1v) is 5.82. The van der Waals surface area contributed by atoms with Crippen LogP contribution in [0.2, 0.25) is 0 Å². The van der Waals surface area contributed by atoms with Crippen molar-refractivity contribution in [2.75, 3.05) is 13.1 Å². The van der Waals surface area contributed by atoms with Crippen molar-refractivity contribution in [2.24, 2.45) is 0 Å². The smallest absolute Gasteiger partial charge is 0.299 e. The molecule has 0 spiro atoms. The van der Waals surface area contributed by atoms with Gasteiger partial charge in [0.15, 0.2) is 0 Å². The Kier molecular flexibility index (Phi) is 3.68. The minimum atomic E-state index is -0.692. The molecule has 0 atom stereocenters. The maximum Gasteiger partial charge on any atom is 0.305 e. The van der Waals surface area contributed by atoms with Gasteiger partial charge in [0.05, 0.1) is 4.92 Å². The Hall–Kier alpha value is -1.49. The topological polar surface area (TPSA) is 46.4 Å². The highest BCUT2D eigenvalue weighted by Gasteiger charge is 2.19. The fourth-order valence-electron chi connectivity index (χ4n) is 2.19. The third-order valence-corrected chi connectivity index (χ3v) is 3.10. The number of nitrogens with zero attached hydrogens (tertiary/aromatic N) is 2. The lowest BCUT2D eigenvalue weighted by molar-refractivity contribution is -0.387. The number of likely N-dealkylation sites (tertiary alicyclic amines) is 1. The molecule has 0 bridgehead atoms. The Balaban J connectivity index is 2.15. The molecule has 0 aliphatic carbocycles. The van der Waals surface area contributed by atoms with E-state index in [9.17, 15) is 14.5 Å². The van der Waals surface area contributed by atoms with E-state index in [1.807, 2.05) is 0 Å². The van der Waals surface area contributed by atoms with E-state index in [0.29, 0.717) is 12.1 Å². The van der Waals surface area contributed by atoms with Crippen LogP contribution in [-0.2, 0) is 6.54 Å². The van der Waals surface area contributed by atoms with Crippen LogP contribution in [0.15, 0.2) is 18.2 Å². The zero-order valence-corrected chi connectivity index (χ0v) is 9.56. The molecule has 92 valence electrons. The summed E-state index contributed by atoms with van der Waals surface area (Å²) in [4.78, 5) is 12.1. The first kappa shape index (κ1) is 12.0. The molecule has 1 aliphatic rings. The number of nitro benzene ring substituents is 1. The Morgan fingerprint density at radius 3 is 2.65 bits per heavy atom. The van der Waals surface area contributed by atoms with Crippen LogP contribution in [0.1, 0.15) is 24.8 Å². The molecule has 1 aromatic carbocycles. The molecule has 0 radical (unpaired) electrons. The zero-order chi connectivity index (χ0) is 12.3. The highest BCUT2D eigenvalue weighted by molar-refractivity contribution is 5.36. The van der Waals surface area contributed by atoms with E-state index in [-0.39, 0.29) is 0 Å². The number of piperidine rings is 1. The molecule has 1 saturated heterocycles. The van der Waals surface area contributed by atoms with Crippen LogP contribution in [0.25, 0.3) is 0 Å². The first-order chi connectivity index (χ1) is 8.18. The summed E-state index contributed by atoms with van der Waals surface area (Å²) in [5.41, 5.74) is -0.0133.